The fourth-order valence-corrected chi connectivity index (χ4v) is 3.39. The van der Waals surface area contributed by atoms with Gasteiger partial charge >= 0.3 is 5.69 Å². The van der Waals surface area contributed by atoms with E-state index >= 15 is 0 Å². The van der Waals surface area contributed by atoms with Crippen molar-refractivity contribution in [3.8, 4) is 5.00 Å². The van der Waals surface area contributed by atoms with Crippen LogP contribution in [-0.2, 0) is 11.3 Å². The number of nitrogens with zero attached hydrogens (tertiary/aromatic N) is 5. The van der Waals surface area contributed by atoms with Gasteiger partial charge in [0.25, 0.3) is 0 Å². The molecule has 1 amide bonds. The van der Waals surface area contributed by atoms with Gasteiger partial charge < -0.3 is 4.90 Å². The molecule has 0 radical (unpaired) electrons. The number of tetrazole rings is 1. The molecule has 23 heavy (non-hydrogen) atoms. The topological polar surface area (TPSA) is 73.0 Å². The van der Waals surface area contributed by atoms with Crippen molar-refractivity contribution < 1.29 is 4.79 Å². The first-order valence-electron chi connectivity index (χ1n) is 7.77. The van der Waals surface area contributed by atoms with Crippen LogP contribution in [0.5, 0.6) is 0 Å². The summed E-state index contributed by atoms with van der Waals surface area (Å²) in [6, 6.07) is 3.63. The van der Waals surface area contributed by atoms with Crippen LogP contribution >= 0.6 is 11.3 Å². The van der Waals surface area contributed by atoms with E-state index in [9.17, 15) is 9.59 Å². The molecule has 0 aromatic carbocycles. The molecule has 0 fully saturated rings. The Balaban J connectivity index is 1.77. The van der Waals surface area contributed by atoms with Gasteiger partial charge in [-0.05, 0) is 60.5 Å². The van der Waals surface area contributed by atoms with Crippen LogP contribution in [0.25, 0.3) is 5.00 Å². The zero-order chi connectivity index (χ0) is 16.2. The van der Waals surface area contributed by atoms with Gasteiger partial charge in [-0.1, -0.05) is 6.08 Å². The number of allylic oxidation sites excluding steroid dienone is 2. The summed E-state index contributed by atoms with van der Waals surface area (Å²) in [4.78, 5) is 26.6. The largest absolute Gasteiger partial charge is 0.369 e. The highest BCUT2D eigenvalue weighted by atomic mass is 32.1. The third kappa shape index (κ3) is 3.26. The molecular formula is C15H19N5O2S. The highest BCUT2D eigenvalue weighted by molar-refractivity contribution is 7.12. The van der Waals surface area contributed by atoms with Crippen molar-refractivity contribution in [2.24, 2.45) is 0 Å². The molecule has 0 aliphatic heterocycles. The predicted octanol–water partition coefficient (Wildman–Crippen LogP) is 1.80. The van der Waals surface area contributed by atoms with Gasteiger partial charge in [-0.2, -0.15) is 9.36 Å². The Hall–Kier alpha value is -2.22. The van der Waals surface area contributed by atoms with Gasteiger partial charge in [-0.15, -0.1) is 11.3 Å². The third-order valence-electron chi connectivity index (χ3n) is 3.87. The highest BCUT2D eigenvalue weighted by Crippen LogP contribution is 2.21. The predicted molar refractivity (Wildman–Crippen MR) is 87.4 cm³/mol. The Labute approximate surface area is 137 Å². The SMILES string of the molecule is CCN(C(=O)Cn1nnn(-c2cccs2)c1=O)C1=CCCCC1. The van der Waals surface area contributed by atoms with Crippen molar-refractivity contribution in [1.82, 2.24) is 24.7 Å². The van der Waals surface area contributed by atoms with Crippen LogP contribution in [0.1, 0.15) is 32.6 Å². The summed E-state index contributed by atoms with van der Waals surface area (Å²) < 4.78 is 2.34. The summed E-state index contributed by atoms with van der Waals surface area (Å²) in [6.07, 6.45) is 6.31. The van der Waals surface area contributed by atoms with E-state index in [4.69, 9.17) is 0 Å². The minimum Gasteiger partial charge on any atom is -0.315 e. The van der Waals surface area contributed by atoms with Crippen LogP contribution in [0.4, 0.5) is 0 Å². The van der Waals surface area contributed by atoms with Gasteiger partial charge in [0.1, 0.15) is 11.5 Å². The fourth-order valence-electron chi connectivity index (χ4n) is 2.72. The maximum Gasteiger partial charge on any atom is 0.369 e. The zero-order valence-corrected chi connectivity index (χ0v) is 13.8. The van der Waals surface area contributed by atoms with Crippen molar-refractivity contribution in [3.63, 3.8) is 0 Å². The van der Waals surface area contributed by atoms with Crippen molar-refractivity contribution in [1.29, 1.82) is 0 Å². The molecule has 1 aliphatic rings. The van der Waals surface area contributed by atoms with Gasteiger partial charge in [0.2, 0.25) is 5.91 Å². The lowest BCUT2D eigenvalue weighted by Crippen LogP contribution is -2.37. The van der Waals surface area contributed by atoms with Gasteiger partial charge in [-0.25, -0.2) is 4.79 Å². The van der Waals surface area contributed by atoms with E-state index in [2.05, 4.69) is 16.5 Å². The molecule has 0 N–H and O–H groups in total. The van der Waals surface area contributed by atoms with E-state index in [-0.39, 0.29) is 12.5 Å². The third-order valence-corrected chi connectivity index (χ3v) is 4.71. The monoisotopic (exact) mass is 333 g/mol. The minimum atomic E-state index is -0.394. The lowest BCUT2D eigenvalue weighted by atomic mass is 10.0. The molecule has 7 nitrogen and oxygen atoms in total. The smallest absolute Gasteiger partial charge is 0.315 e. The summed E-state index contributed by atoms with van der Waals surface area (Å²) in [7, 11) is 0. The lowest BCUT2D eigenvalue weighted by Gasteiger charge is -2.26. The summed E-state index contributed by atoms with van der Waals surface area (Å²) in [6.45, 7) is 2.45. The summed E-state index contributed by atoms with van der Waals surface area (Å²) in [5.74, 6) is -0.124. The van der Waals surface area contributed by atoms with Crippen LogP contribution < -0.4 is 5.69 Å². The lowest BCUT2D eigenvalue weighted by molar-refractivity contribution is -0.130. The highest BCUT2D eigenvalue weighted by Gasteiger charge is 2.20. The molecule has 122 valence electrons. The van der Waals surface area contributed by atoms with E-state index < -0.39 is 5.69 Å². The zero-order valence-electron chi connectivity index (χ0n) is 13.0. The van der Waals surface area contributed by atoms with Crippen molar-refractivity contribution in [3.05, 3.63) is 39.8 Å². The molecule has 0 unspecified atom stereocenters. The Kier molecular flexibility index (Phi) is 4.71. The molecule has 1 aliphatic carbocycles. The number of thiophene rings is 1. The molecule has 2 heterocycles. The number of aromatic nitrogens is 4. The van der Waals surface area contributed by atoms with Crippen molar-refractivity contribution in [2.45, 2.75) is 39.2 Å². The Morgan fingerprint density at radius 3 is 2.91 bits per heavy atom. The number of amides is 1. The second-order valence-corrected chi connectivity index (χ2v) is 6.29. The molecule has 2 aromatic rings. The van der Waals surface area contributed by atoms with E-state index in [1.807, 2.05) is 18.4 Å². The standard InChI is InChI=1S/C15H19N5O2S/c1-2-18(12-7-4-3-5-8-12)13(21)11-19-15(22)20(17-16-19)14-9-6-10-23-14/h6-7,9-10H,2-5,8,11H2,1H3. The number of hydrogen-bond donors (Lipinski definition) is 0. The number of carbonyl (C=O) groups is 1. The number of carbonyl (C=O) groups excluding carboxylic acids is 1. The molecule has 8 heteroatoms. The first kappa shape index (κ1) is 15.7. The van der Waals surface area contributed by atoms with Crippen LogP contribution in [0, 0.1) is 0 Å². The van der Waals surface area contributed by atoms with Gasteiger partial charge in [-0.3, -0.25) is 4.79 Å². The quantitative estimate of drug-likeness (QED) is 0.836. The molecule has 0 bridgehead atoms. The van der Waals surface area contributed by atoms with Gasteiger partial charge in [0.05, 0.1) is 0 Å². The second-order valence-electron chi connectivity index (χ2n) is 5.36. The number of likely N-dealkylation sites (N-methyl/N-ethyl adjacent to an activating group) is 1. The van der Waals surface area contributed by atoms with E-state index in [0.29, 0.717) is 11.5 Å². The minimum absolute atomic E-state index is 0.0879. The summed E-state index contributed by atoms with van der Waals surface area (Å²) >= 11 is 1.40. The Bertz CT molecular complexity index is 759. The van der Waals surface area contributed by atoms with Gasteiger partial charge in [0.15, 0.2) is 0 Å². The Morgan fingerprint density at radius 1 is 1.39 bits per heavy atom. The normalized spacial score (nSPS) is 14.6. The number of hydrogen-bond acceptors (Lipinski definition) is 5. The van der Waals surface area contributed by atoms with Crippen LogP contribution in [0.15, 0.2) is 34.1 Å². The molecule has 0 saturated carbocycles. The van der Waals surface area contributed by atoms with Gasteiger partial charge in [0, 0.05) is 12.2 Å². The first-order chi connectivity index (χ1) is 11.2. The summed E-state index contributed by atoms with van der Waals surface area (Å²) in [5.41, 5.74) is 0.664. The average Bonchev–Trinajstić information content (AvgIpc) is 3.20. The van der Waals surface area contributed by atoms with E-state index in [1.165, 1.54) is 22.4 Å². The molecular weight excluding hydrogens is 314 g/mol. The van der Waals surface area contributed by atoms with E-state index in [0.717, 1.165) is 29.6 Å². The first-order valence-corrected chi connectivity index (χ1v) is 8.64. The number of rotatable bonds is 5. The fraction of sp³-hybridized carbons (Fsp3) is 0.467. The molecule has 3 rings (SSSR count). The van der Waals surface area contributed by atoms with Crippen LogP contribution in [0.3, 0.4) is 0 Å². The molecule has 0 atom stereocenters. The maximum atomic E-state index is 12.5. The van der Waals surface area contributed by atoms with Crippen LogP contribution in [0.2, 0.25) is 0 Å². The van der Waals surface area contributed by atoms with Crippen molar-refractivity contribution in [2.75, 3.05) is 6.54 Å². The second kappa shape index (κ2) is 6.91. The molecule has 2 aromatic heterocycles. The summed E-state index contributed by atoms with van der Waals surface area (Å²) in [5, 5.41) is 10.2. The Morgan fingerprint density at radius 2 is 2.26 bits per heavy atom. The van der Waals surface area contributed by atoms with Crippen molar-refractivity contribution >= 4 is 17.2 Å². The van der Waals surface area contributed by atoms with E-state index in [1.54, 1.807) is 11.0 Å². The molecule has 0 saturated heterocycles. The van der Waals surface area contributed by atoms with Crippen LogP contribution in [-0.4, -0.2) is 37.1 Å². The average molecular weight is 333 g/mol. The molecule has 0 spiro atoms. The maximum absolute atomic E-state index is 12.5.